The predicted octanol–water partition coefficient (Wildman–Crippen LogP) is 3.50. The normalized spacial score (nSPS) is 15.2. The Kier molecular flexibility index (Phi) is 6.60. The average Bonchev–Trinajstić information content (AvgIpc) is 2.70. The Hall–Kier alpha value is -2.93. The first-order valence-electron chi connectivity index (χ1n) is 9.43. The summed E-state index contributed by atoms with van der Waals surface area (Å²) in [5, 5.41) is 13.5. The van der Waals surface area contributed by atoms with Gasteiger partial charge in [-0.2, -0.15) is 0 Å². The van der Waals surface area contributed by atoms with Gasteiger partial charge in [0.15, 0.2) is 0 Å². The van der Waals surface area contributed by atoms with Crippen LogP contribution in [0.4, 0.5) is 11.4 Å². The number of nitro groups is 1. The van der Waals surface area contributed by atoms with Gasteiger partial charge in [0.2, 0.25) is 5.91 Å². The summed E-state index contributed by atoms with van der Waals surface area (Å²) < 4.78 is 5.19. The second kappa shape index (κ2) is 9.32. The Morgan fingerprint density at radius 2 is 1.79 bits per heavy atom. The van der Waals surface area contributed by atoms with E-state index >= 15 is 0 Å². The van der Waals surface area contributed by atoms with Gasteiger partial charge in [0.1, 0.15) is 5.75 Å². The van der Waals surface area contributed by atoms with Crippen molar-refractivity contribution < 1.29 is 14.5 Å². The third-order valence-electron chi connectivity index (χ3n) is 5.12. The number of non-ortho nitro benzene ring substituents is 1. The SMILES string of the molecule is COc1ccc(CC2CCN(CC(=O)Nc3ccc([N+](=O)[O-])cc3)CC2)cc1. The van der Waals surface area contributed by atoms with Crippen molar-refractivity contribution in [2.75, 3.05) is 32.1 Å². The molecule has 1 aliphatic heterocycles. The first-order chi connectivity index (χ1) is 13.5. The number of rotatable bonds is 7. The molecule has 1 amide bonds. The maximum Gasteiger partial charge on any atom is 0.269 e. The number of carbonyl (C=O) groups excluding carboxylic acids is 1. The Balaban J connectivity index is 1.41. The van der Waals surface area contributed by atoms with Gasteiger partial charge in [0.25, 0.3) is 5.69 Å². The molecule has 2 aromatic rings. The molecule has 1 heterocycles. The fourth-order valence-electron chi connectivity index (χ4n) is 3.51. The average molecular weight is 383 g/mol. The summed E-state index contributed by atoms with van der Waals surface area (Å²) in [4.78, 5) is 24.6. The van der Waals surface area contributed by atoms with E-state index < -0.39 is 4.92 Å². The van der Waals surface area contributed by atoms with Crippen LogP contribution in [0.1, 0.15) is 18.4 Å². The molecule has 0 atom stereocenters. The topological polar surface area (TPSA) is 84.7 Å². The minimum Gasteiger partial charge on any atom is -0.497 e. The maximum atomic E-state index is 12.2. The van der Waals surface area contributed by atoms with Crippen LogP contribution in [0.15, 0.2) is 48.5 Å². The van der Waals surface area contributed by atoms with Gasteiger partial charge >= 0.3 is 0 Å². The summed E-state index contributed by atoms with van der Waals surface area (Å²) in [6.45, 7) is 2.13. The van der Waals surface area contributed by atoms with Crippen LogP contribution in [0.3, 0.4) is 0 Å². The number of methoxy groups -OCH3 is 1. The molecule has 0 saturated carbocycles. The summed E-state index contributed by atoms with van der Waals surface area (Å²) in [5.74, 6) is 1.41. The molecule has 1 saturated heterocycles. The first kappa shape index (κ1) is 19.8. The molecular weight excluding hydrogens is 358 g/mol. The molecule has 1 fully saturated rings. The molecule has 7 nitrogen and oxygen atoms in total. The van der Waals surface area contributed by atoms with Crippen LogP contribution in [0.2, 0.25) is 0 Å². The van der Waals surface area contributed by atoms with Crippen molar-refractivity contribution in [1.82, 2.24) is 4.90 Å². The molecule has 0 aromatic heterocycles. The minimum atomic E-state index is -0.457. The van der Waals surface area contributed by atoms with Crippen LogP contribution >= 0.6 is 0 Å². The zero-order chi connectivity index (χ0) is 19.9. The van der Waals surface area contributed by atoms with Gasteiger partial charge < -0.3 is 10.1 Å². The van der Waals surface area contributed by atoms with E-state index in [1.165, 1.54) is 17.7 Å². The number of amides is 1. The number of hydrogen-bond donors (Lipinski definition) is 1. The van der Waals surface area contributed by atoms with Crippen LogP contribution < -0.4 is 10.1 Å². The van der Waals surface area contributed by atoms with E-state index in [2.05, 4.69) is 22.3 Å². The highest BCUT2D eigenvalue weighted by atomic mass is 16.6. The van der Waals surface area contributed by atoms with Crippen molar-refractivity contribution >= 4 is 17.3 Å². The second-order valence-electron chi connectivity index (χ2n) is 7.12. The molecule has 28 heavy (non-hydrogen) atoms. The number of piperidine rings is 1. The number of carbonyl (C=O) groups is 1. The number of nitrogens with one attached hydrogen (secondary N) is 1. The summed E-state index contributed by atoms with van der Waals surface area (Å²) >= 11 is 0. The molecule has 0 unspecified atom stereocenters. The molecule has 2 aromatic carbocycles. The lowest BCUT2D eigenvalue weighted by Gasteiger charge is -2.31. The summed E-state index contributed by atoms with van der Waals surface area (Å²) in [6.07, 6.45) is 3.18. The fourth-order valence-corrected chi connectivity index (χ4v) is 3.51. The lowest BCUT2D eigenvalue weighted by Crippen LogP contribution is -2.39. The van der Waals surface area contributed by atoms with E-state index in [0.29, 0.717) is 18.2 Å². The third kappa shape index (κ3) is 5.53. The number of likely N-dealkylation sites (tertiary alicyclic amines) is 1. The number of benzene rings is 2. The Morgan fingerprint density at radius 1 is 1.14 bits per heavy atom. The number of hydrogen-bond acceptors (Lipinski definition) is 5. The summed E-state index contributed by atoms with van der Waals surface area (Å²) in [6, 6.07) is 14.1. The van der Waals surface area contributed by atoms with Crippen molar-refractivity contribution in [2.45, 2.75) is 19.3 Å². The highest BCUT2D eigenvalue weighted by Crippen LogP contribution is 2.23. The van der Waals surface area contributed by atoms with Gasteiger partial charge in [-0.05, 0) is 68.1 Å². The molecule has 0 radical (unpaired) electrons. The molecule has 0 bridgehead atoms. The van der Waals surface area contributed by atoms with Gasteiger partial charge in [0, 0.05) is 17.8 Å². The van der Waals surface area contributed by atoms with Crippen molar-refractivity contribution in [3.05, 3.63) is 64.2 Å². The van der Waals surface area contributed by atoms with Gasteiger partial charge in [-0.25, -0.2) is 0 Å². The van der Waals surface area contributed by atoms with Gasteiger partial charge in [-0.15, -0.1) is 0 Å². The molecule has 0 aliphatic carbocycles. The highest BCUT2D eigenvalue weighted by molar-refractivity contribution is 5.92. The number of nitrogens with zero attached hydrogens (tertiary/aromatic N) is 2. The third-order valence-corrected chi connectivity index (χ3v) is 5.12. The largest absolute Gasteiger partial charge is 0.497 e. The van der Waals surface area contributed by atoms with Crippen molar-refractivity contribution in [2.24, 2.45) is 5.92 Å². The Bertz CT molecular complexity index is 797. The zero-order valence-corrected chi connectivity index (χ0v) is 16.0. The standard InChI is InChI=1S/C21H25N3O4/c1-28-20-8-2-16(3-9-20)14-17-10-12-23(13-11-17)15-21(25)22-18-4-6-19(7-5-18)24(26)27/h2-9,17H,10-15H2,1H3,(H,22,25). The Morgan fingerprint density at radius 3 is 2.36 bits per heavy atom. The van der Waals surface area contributed by atoms with E-state index in [9.17, 15) is 14.9 Å². The monoisotopic (exact) mass is 383 g/mol. The van der Waals surface area contributed by atoms with Crippen molar-refractivity contribution in [3.8, 4) is 5.75 Å². The molecule has 1 aliphatic rings. The summed E-state index contributed by atoms with van der Waals surface area (Å²) in [5.41, 5.74) is 1.90. The van der Waals surface area contributed by atoms with Crippen LogP contribution in [0.5, 0.6) is 5.75 Å². The summed E-state index contributed by atoms with van der Waals surface area (Å²) in [7, 11) is 1.67. The quantitative estimate of drug-likeness (QED) is 0.584. The minimum absolute atomic E-state index is 0.0110. The lowest BCUT2D eigenvalue weighted by molar-refractivity contribution is -0.384. The highest BCUT2D eigenvalue weighted by Gasteiger charge is 2.21. The van der Waals surface area contributed by atoms with Crippen LogP contribution in [0, 0.1) is 16.0 Å². The van der Waals surface area contributed by atoms with E-state index in [1.807, 2.05) is 12.1 Å². The van der Waals surface area contributed by atoms with E-state index in [1.54, 1.807) is 19.2 Å². The molecule has 3 rings (SSSR count). The number of nitro benzene ring substituents is 1. The number of anilines is 1. The van der Waals surface area contributed by atoms with Crippen LogP contribution in [-0.2, 0) is 11.2 Å². The second-order valence-corrected chi connectivity index (χ2v) is 7.12. The Labute approximate surface area is 164 Å². The van der Waals surface area contributed by atoms with Crippen molar-refractivity contribution in [1.29, 1.82) is 0 Å². The molecule has 0 spiro atoms. The van der Waals surface area contributed by atoms with Crippen LogP contribution in [-0.4, -0.2) is 42.5 Å². The lowest BCUT2D eigenvalue weighted by atomic mass is 9.90. The molecule has 148 valence electrons. The van der Waals surface area contributed by atoms with Gasteiger partial charge in [-0.1, -0.05) is 12.1 Å². The van der Waals surface area contributed by atoms with E-state index in [-0.39, 0.29) is 11.6 Å². The van der Waals surface area contributed by atoms with Gasteiger partial charge in [-0.3, -0.25) is 19.8 Å². The van der Waals surface area contributed by atoms with Gasteiger partial charge in [0.05, 0.1) is 18.6 Å². The predicted molar refractivity (Wildman–Crippen MR) is 108 cm³/mol. The van der Waals surface area contributed by atoms with E-state index in [4.69, 9.17) is 4.74 Å². The molecule has 7 heteroatoms. The molecule has 1 N–H and O–H groups in total. The van der Waals surface area contributed by atoms with Crippen molar-refractivity contribution in [3.63, 3.8) is 0 Å². The zero-order valence-electron chi connectivity index (χ0n) is 16.0. The van der Waals surface area contributed by atoms with E-state index in [0.717, 1.165) is 38.1 Å². The maximum absolute atomic E-state index is 12.2. The smallest absolute Gasteiger partial charge is 0.269 e. The first-order valence-corrected chi connectivity index (χ1v) is 9.43. The number of ether oxygens (including phenoxy) is 1. The fraction of sp³-hybridized carbons (Fsp3) is 0.381. The van der Waals surface area contributed by atoms with Crippen LogP contribution in [0.25, 0.3) is 0 Å². The molecular formula is C21H25N3O4.